The van der Waals surface area contributed by atoms with Crippen molar-refractivity contribution in [2.45, 2.75) is 6.61 Å². The number of rotatable bonds is 3. The van der Waals surface area contributed by atoms with Crippen LogP contribution in [0.15, 0.2) is 41.5 Å². The molecule has 3 rings (SSSR count). The minimum atomic E-state index is -0.357. The van der Waals surface area contributed by atoms with Gasteiger partial charge >= 0.3 is 5.69 Å². The summed E-state index contributed by atoms with van der Waals surface area (Å²) >= 11 is 0. The van der Waals surface area contributed by atoms with Crippen LogP contribution in [0.5, 0.6) is 11.6 Å². The lowest BCUT2D eigenvalue weighted by Crippen LogP contribution is -2.09. The zero-order chi connectivity index (χ0) is 13.2. The molecule has 96 valence electrons. The molecule has 0 saturated carbocycles. The number of aliphatic hydroxyl groups is 1. The van der Waals surface area contributed by atoms with Crippen LogP contribution in [0, 0.1) is 0 Å². The average Bonchev–Trinajstić information content (AvgIpc) is 2.81. The maximum absolute atomic E-state index is 11.3. The van der Waals surface area contributed by atoms with E-state index in [9.17, 15) is 9.90 Å². The Morgan fingerprint density at radius 1 is 1.37 bits per heavy atom. The van der Waals surface area contributed by atoms with E-state index in [1.165, 1.54) is 16.8 Å². The molecule has 2 heterocycles. The normalized spacial score (nSPS) is 10.8. The molecule has 2 N–H and O–H groups in total. The van der Waals surface area contributed by atoms with E-state index in [1.807, 2.05) is 6.07 Å². The van der Waals surface area contributed by atoms with Crippen LogP contribution in [-0.2, 0) is 6.61 Å². The van der Waals surface area contributed by atoms with Crippen molar-refractivity contribution in [2.75, 3.05) is 0 Å². The molecule has 7 heteroatoms. The number of aromatic amines is 1. The molecule has 0 bridgehead atoms. The van der Waals surface area contributed by atoms with Gasteiger partial charge in [0.25, 0.3) is 0 Å². The van der Waals surface area contributed by atoms with Crippen molar-refractivity contribution in [3.63, 3.8) is 0 Å². The summed E-state index contributed by atoms with van der Waals surface area (Å²) in [5.74, 6) is 0.812. The number of hydrogen-bond donors (Lipinski definition) is 2. The Hall–Kier alpha value is -2.67. The lowest BCUT2D eigenvalue weighted by atomic mass is 10.2. The highest BCUT2D eigenvalue weighted by Crippen LogP contribution is 2.23. The van der Waals surface area contributed by atoms with Gasteiger partial charge < -0.3 is 9.84 Å². The van der Waals surface area contributed by atoms with Gasteiger partial charge in [-0.1, -0.05) is 18.2 Å². The Bertz CT molecular complexity index is 778. The third kappa shape index (κ3) is 2.06. The summed E-state index contributed by atoms with van der Waals surface area (Å²) in [5, 5.41) is 15.3. The van der Waals surface area contributed by atoms with E-state index in [1.54, 1.807) is 18.2 Å². The molecule has 7 nitrogen and oxygen atoms in total. The summed E-state index contributed by atoms with van der Waals surface area (Å²) in [6.07, 6.45) is 1.33. The molecule has 0 aliphatic heterocycles. The first kappa shape index (κ1) is 11.4. The van der Waals surface area contributed by atoms with Crippen LogP contribution in [0.4, 0.5) is 0 Å². The summed E-state index contributed by atoms with van der Waals surface area (Å²) in [7, 11) is 0. The Morgan fingerprint density at radius 3 is 3.05 bits per heavy atom. The molecule has 19 heavy (non-hydrogen) atoms. The van der Waals surface area contributed by atoms with Crippen molar-refractivity contribution in [3.05, 3.63) is 52.7 Å². The van der Waals surface area contributed by atoms with E-state index in [0.717, 1.165) is 0 Å². The van der Waals surface area contributed by atoms with Crippen molar-refractivity contribution in [1.29, 1.82) is 0 Å². The van der Waals surface area contributed by atoms with Gasteiger partial charge in [0.1, 0.15) is 12.1 Å². The average molecular weight is 258 g/mol. The minimum absolute atomic E-state index is 0.125. The fraction of sp³-hybridized carbons (Fsp3) is 0.0833. The quantitative estimate of drug-likeness (QED) is 0.721. The second-order valence-corrected chi connectivity index (χ2v) is 3.85. The second-order valence-electron chi connectivity index (χ2n) is 3.85. The third-order valence-electron chi connectivity index (χ3n) is 2.64. The van der Waals surface area contributed by atoms with E-state index in [2.05, 4.69) is 15.2 Å². The van der Waals surface area contributed by atoms with Crippen molar-refractivity contribution < 1.29 is 9.84 Å². The minimum Gasteiger partial charge on any atom is -0.438 e. The molecule has 0 radical (unpaired) electrons. The van der Waals surface area contributed by atoms with Crippen LogP contribution in [0.25, 0.3) is 5.65 Å². The molecule has 0 aliphatic rings. The van der Waals surface area contributed by atoms with Crippen molar-refractivity contribution in [2.24, 2.45) is 0 Å². The second kappa shape index (κ2) is 4.54. The number of ether oxygens (including phenoxy) is 1. The molecule has 2 aromatic heterocycles. The van der Waals surface area contributed by atoms with Gasteiger partial charge in [-0.25, -0.2) is 19.3 Å². The van der Waals surface area contributed by atoms with Gasteiger partial charge in [0.15, 0.2) is 5.65 Å². The third-order valence-corrected chi connectivity index (χ3v) is 2.64. The first-order valence-corrected chi connectivity index (χ1v) is 5.57. The molecule has 1 aromatic carbocycles. The molecule has 0 fully saturated rings. The highest BCUT2D eigenvalue weighted by atomic mass is 16.5. The van der Waals surface area contributed by atoms with Gasteiger partial charge in [-0.2, -0.15) is 5.10 Å². The monoisotopic (exact) mass is 258 g/mol. The predicted molar refractivity (Wildman–Crippen MR) is 66.0 cm³/mol. The number of nitrogens with one attached hydrogen (secondary N) is 1. The van der Waals surface area contributed by atoms with Gasteiger partial charge in [-0.15, -0.1) is 0 Å². The van der Waals surface area contributed by atoms with Gasteiger partial charge in [0.05, 0.1) is 6.61 Å². The van der Waals surface area contributed by atoms with Crippen LogP contribution in [-0.4, -0.2) is 24.7 Å². The molecule has 0 spiro atoms. The Balaban J connectivity index is 1.99. The predicted octanol–water partition coefficient (Wildman–Crippen LogP) is 0.702. The number of H-pyrrole nitrogens is 1. The Morgan fingerprint density at radius 2 is 2.21 bits per heavy atom. The highest BCUT2D eigenvalue weighted by molar-refractivity contribution is 5.42. The number of para-hydroxylation sites is 1. The lowest BCUT2D eigenvalue weighted by molar-refractivity contribution is 0.276. The summed E-state index contributed by atoms with van der Waals surface area (Å²) in [5.41, 5.74) is 0.713. The number of hydrogen-bond acceptors (Lipinski definition) is 5. The number of fused-ring (bicyclic) bond motifs is 1. The van der Waals surface area contributed by atoms with E-state index >= 15 is 0 Å². The van der Waals surface area contributed by atoms with Crippen LogP contribution in [0.3, 0.4) is 0 Å². The van der Waals surface area contributed by atoms with Gasteiger partial charge in [-0.05, 0) is 6.07 Å². The molecule has 0 saturated heterocycles. The van der Waals surface area contributed by atoms with Crippen LogP contribution in [0.2, 0.25) is 0 Å². The smallest absolute Gasteiger partial charge is 0.348 e. The number of aliphatic hydroxyl groups excluding tert-OH is 1. The molecule has 3 aromatic rings. The molecule has 0 atom stereocenters. The summed E-state index contributed by atoms with van der Waals surface area (Å²) in [6.45, 7) is -0.125. The first-order chi connectivity index (χ1) is 9.28. The first-order valence-electron chi connectivity index (χ1n) is 5.57. The van der Waals surface area contributed by atoms with Gasteiger partial charge in [0.2, 0.25) is 5.88 Å². The lowest BCUT2D eigenvalue weighted by Gasteiger charge is -2.08. The fourth-order valence-electron chi connectivity index (χ4n) is 1.70. The fourth-order valence-corrected chi connectivity index (χ4v) is 1.70. The maximum Gasteiger partial charge on any atom is 0.348 e. The van der Waals surface area contributed by atoms with Gasteiger partial charge in [-0.3, -0.25) is 0 Å². The van der Waals surface area contributed by atoms with Crippen molar-refractivity contribution in [1.82, 2.24) is 19.6 Å². The van der Waals surface area contributed by atoms with Crippen LogP contribution in [0.1, 0.15) is 5.56 Å². The molecular formula is C12H10N4O3. The van der Waals surface area contributed by atoms with Crippen molar-refractivity contribution in [3.8, 4) is 11.6 Å². The molecular weight excluding hydrogens is 248 g/mol. The number of benzene rings is 1. The Labute approximate surface area is 107 Å². The summed E-state index contributed by atoms with van der Waals surface area (Å²) in [4.78, 5) is 15.3. The molecule has 0 amide bonds. The zero-order valence-corrected chi connectivity index (χ0v) is 9.78. The molecule has 0 unspecified atom stereocenters. The summed E-state index contributed by atoms with van der Waals surface area (Å²) < 4.78 is 6.85. The largest absolute Gasteiger partial charge is 0.438 e. The standard InChI is InChI=1S/C12H10N4O3/c17-6-8-3-1-2-4-9(8)19-11-5-10-14-15-12(18)16(10)7-13-11/h1-5,7,17H,6H2,(H,15,18). The van der Waals surface area contributed by atoms with E-state index in [4.69, 9.17) is 4.74 Å². The van der Waals surface area contributed by atoms with Crippen molar-refractivity contribution >= 4 is 5.65 Å². The van der Waals surface area contributed by atoms with Crippen LogP contribution >= 0.6 is 0 Å². The topological polar surface area (TPSA) is 92.5 Å². The van der Waals surface area contributed by atoms with Gasteiger partial charge in [0, 0.05) is 11.6 Å². The SMILES string of the molecule is O=c1[nH]nc2cc(Oc3ccccc3CO)ncn12. The number of nitrogens with zero attached hydrogens (tertiary/aromatic N) is 3. The summed E-state index contributed by atoms with van der Waals surface area (Å²) in [6, 6.07) is 8.63. The van der Waals surface area contributed by atoms with E-state index in [-0.39, 0.29) is 12.3 Å². The van der Waals surface area contributed by atoms with Crippen LogP contribution < -0.4 is 10.4 Å². The van der Waals surface area contributed by atoms with E-state index in [0.29, 0.717) is 22.8 Å². The maximum atomic E-state index is 11.3. The van der Waals surface area contributed by atoms with E-state index < -0.39 is 0 Å². The highest BCUT2D eigenvalue weighted by Gasteiger charge is 2.07. The molecule has 0 aliphatic carbocycles. The Kier molecular flexibility index (Phi) is 2.73. The number of aromatic nitrogens is 4. The zero-order valence-electron chi connectivity index (χ0n) is 9.78.